The van der Waals surface area contributed by atoms with Crippen LogP contribution in [0, 0.1) is 10.8 Å². The Morgan fingerprint density at radius 3 is 1.39 bits per heavy atom. The third-order valence-electron chi connectivity index (χ3n) is 3.95. The van der Waals surface area contributed by atoms with Gasteiger partial charge in [-0.05, 0) is 38.5 Å². The molecule has 0 spiro atoms. The second kappa shape index (κ2) is 6.07. The first kappa shape index (κ1) is 13.2. The van der Waals surface area contributed by atoms with Gasteiger partial charge in [0.25, 0.3) is 0 Å². The summed E-state index contributed by atoms with van der Waals surface area (Å²) in [5.41, 5.74) is 0. The molecule has 2 fully saturated rings. The molecule has 0 aliphatic carbocycles. The molecule has 0 radical (unpaired) electrons. The quantitative estimate of drug-likeness (QED) is 0.509. The smallest absolute Gasteiger partial charge is 0.200 e. The highest BCUT2D eigenvalue weighted by Crippen LogP contribution is 2.13. The highest BCUT2D eigenvalue weighted by Gasteiger charge is 2.23. The van der Waals surface area contributed by atoms with Crippen LogP contribution < -0.4 is 0 Å². The Kier molecular flexibility index (Phi) is 4.44. The van der Waals surface area contributed by atoms with Crippen LogP contribution in [0.4, 0.5) is 0 Å². The van der Waals surface area contributed by atoms with Crippen LogP contribution in [-0.4, -0.2) is 59.8 Å². The molecular formula is C13H25N5. The van der Waals surface area contributed by atoms with E-state index >= 15 is 0 Å². The number of guanidine groups is 2. The van der Waals surface area contributed by atoms with Crippen molar-refractivity contribution in [3.05, 3.63) is 0 Å². The lowest BCUT2D eigenvalue weighted by Gasteiger charge is -2.38. The number of nitrogens with zero attached hydrogens (tertiary/aromatic N) is 3. The second-order valence-electron chi connectivity index (χ2n) is 5.30. The van der Waals surface area contributed by atoms with Gasteiger partial charge in [0.05, 0.1) is 0 Å². The number of likely N-dealkylation sites (tertiary alicyclic amines) is 2. The molecule has 0 atom stereocenters. The van der Waals surface area contributed by atoms with Crippen LogP contribution in [0.5, 0.6) is 0 Å². The van der Waals surface area contributed by atoms with E-state index in [0.717, 1.165) is 26.2 Å². The Balaban J connectivity index is 1.90. The Bertz CT molecular complexity index is 273. The number of piperidine rings is 2. The molecule has 2 aliphatic heterocycles. The first-order valence-electron chi connectivity index (χ1n) is 7.11. The van der Waals surface area contributed by atoms with Gasteiger partial charge < -0.3 is 9.80 Å². The van der Waals surface area contributed by atoms with Crippen molar-refractivity contribution in [3.63, 3.8) is 0 Å². The molecule has 0 aromatic heterocycles. The third kappa shape index (κ3) is 2.94. The number of rotatable bonds is 0. The lowest BCUT2D eigenvalue weighted by molar-refractivity contribution is 0.288. The van der Waals surface area contributed by atoms with Gasteiger partial charge in [0, 0.05) is 33.2 Å². The zero-order chi connectivity index (χ0) is 13.0. The van der Waals surface area contributed by atoms with Gasteiger partial charge in [-0.2, -0.15) is 0 Å². The summed E-state index contributed by atoms with van der Waals surface area (Å²) in [6, 6.07) is 0. The summed E-state index contributed by atoms with van der Waals surface area (Å²) in [6.45, 7) is 3.87. The fraction of sp³-hybridized carbons (Fsp3) is 0.846. The number of hydrogen-bond acceptors (Lipinski definition) is 2. The maximum absolute atomic E-state index is 8.22. The van der Waals surface area contributed by atoms with E-state index in [1.54, 1.807) is 4.90 Å². The van der Waals surface area contributed by atoms with E-state index in [0.29, 0.717) is 11.9 Å². The van der Waals surface area contributed by atoms with Crippen LogP contribution in [0.25, 0.3) is 0 Å². The molecule has 5 heteroatoms. The average Bonchev–Trinajstić information content (AvgIpc) is 2.47. The highest BCUT2D eigenvalue weighted by atomic mass is 15.4. The van der Waals surface area contributed by atoms with Crippen molar-refractivity contribution in [2.75, 3.05) is 33.2 Å². The van der Waals surface area contributed by atoms with Gasteiger partial charge >= 0.3 is 0 Å². The molecule has 0 aromatic carbocycles. The molecule has 2 saturated heterocycles. The van der Waals surface area contributed by atoms with Crippen LogP contribution in [0.3, 0.4) is 0 Å². The maximum Gasteiger partial charge on any atom is 0.200 e. The Hall–Kier alpha value is -1.26. The molecule has 0 saturated carbocycles. The van der Waals surface area contributed by atoms with Gasteiger partial charge in [-0.15, -0.1) is 0 Å². The molecule has 2 rings (SSSR count). The van der Waals surface area contributed by atoms with Gasteiger partial charge in [0.2, 0.25) is 0 Å². The minimum atomic E-state index is 0.491. The van der Waals surface area contributed by atoms with Crippen molar-refractivity contribution in [1.82, 2.24) is 14.7 Å². The molecule has 0 bridgehead atoms. The summed E-state index contributed by atoms with van der Waals surface area (Å²) in [5, 5.41) is 16.4. The van der Waals surface area contributed by atoms with Gasteiger partial charge in [0.15, 0.2) is 11.9 Å². The molecule has 18 heavy (non-hydrogen) atoms. The summed E-state index contributed by atoms with van der Waals surface area (Å²) in [5.74, 6) is 0.982. The van der Waals surface area contributed by atoms with Gasteiger partial charge in [0.1, 0.15) is 0 Å². The van der Waals surface area contributed by atoms with Crippen LogP contribution in [0.1, 0.15) is 38.5 Å². The normalized spacial score (nSPS) is 20.7. The van der Waals surface area contributed by atoms with Crippen molar-refractivity contribution in [2.24, 2.45) is 0 Å². The van der Waals surface area contributed by atoms with Gasteiger partial charge in [-0.3, -0.25) is 15.7 Å². The molecule has 5 nitrogen and oxygen atoms in total. The standard InChI is InChI=1S/C13H25N5/c1-16(12(14)17-8-4-2-5-9-17)13(15)18-10-6-3-7-11-18/h14-15H,2-11H2,1H3. The molecule has 102 valence electrons. The lowest BCUT2D eigenvalue weighted by Crippen LogP contribution is -2.52. The van der Waals surface area contributed by atoms with E-state index in [4.69, 9.17) is 10.8 Å². The predicted octanol–water partition coefficient (Wildman–Crippen LogP) is 1.76. The SMILES string of the molecule is CN(C(=N)N1CCCCC1)C(=N)N1CCCCC1. The van der Waals surface area contributed by atoms with Crippen molar-refractivity contribution >= 4 is 11.9 Å². The maximum atomic E-state index is 8.22. The summed E-state index contributed by atoms with van der Waals surface area (Å²) in [7, 11) is 1.86. The van der Waals surface area contributed by atoms with Crippen molar-refractivity contribution in [3.8, 4) is 0 Å². The molecular weight excluding hydrogens is 226 g/mol. The van der Waals surface area contributed by atoms with Crippen molar-refractivity contribution < 1.29 is 0 Å². The first-order valence-corrected chi connectivity index (χ1v) is 7.11. The Labute approximate surface area is 110 Å². The van der Waals surface area contributed by atoms with Gasteiger partial charge in [-0.1, -0.05) is 0 Å². The van der Waals surface area contributed by atoms with Crippen molar-refractivity contribution in [2.45, 2.75) is 38.5 Å². The monoisotopic (exact) mass is 251 g/mol. The number of nitrogens with one attached hydrogen (secondary N) is 2. The Morgan fingerprint density at radius 2 is 1.06 bits per heavy atom. The van der Waals surface area contributed by atoms with Crippen LogP contribution in [0.15, 0.2) is 0 Å². The van der Waals surface area contributed by atoms with Crippen LogP contribution >= 0.6 is 0 Å². The zero-order valence-corrected chi connectivity index (χ0v) is 11.4. The van der Waals surface area contributed by atoms with E-state index in [9.17, 15) is 0 Å². The predicted molar refractivity (Wildman–Crippen MR) is 74.1 cm³/mol. The minimum absolute atomic E-state index is 0.491. The summed E-state index contributed by atoms with van der Waals surface area (Å²) in [6.07, 6.45) is 7.25. The largest absolute Gasteiger partial charge is 0.343 e. The highest BCUT2D eigenvalue weighted by molar-refractivity contribution is 5.95. The molecule has 0 amide bonds. The van der Waals surface area contributed by atoms with E-state index in [1.165, 1.54) is 38.5 Å². The Morgan fingerprint density at radius 1 is 0.722 bits per heavy atom. The summed E-state index contributed by atoms with van der Waals surface area (Å²) >= 11 is 0. The van der Waals surface area contributed by atoms with E-state index in [-0.39, 0.29) is 0 Å². The fourth-order valence-corrected chi connectivity index (χ4v) is 2.74. The number of hydrogen-bond donors (Lipinski definition) is 2. The fourth-order valence-electron chi connectivity index (χ4n) is 2.74. The van der Waals surface area contributed by atoms with Crippen LogP contribution in [-0.2, 0) is 0 Å². The minimum Gasteiger partial charge on any atom is -0.343 e. The second-order valence-corrected chi connectivity index (χ2v) is 5.30. The van der Waals surface area contributed by atoms with Crippen molar-refractivity contribution in [1.29, 1.82) is 10.8 Å². The van der Waals surface area contributed by atoms with E-state index in [1.807, 2.05) is 7.05 Å². The average molecular weight is 251 g/mol. The third-order valence-corrected chi connectivity index (χ3v) is 3.95. The summed E-state index contributed by atoms with van der Waals surface area (Å²) in [4.78, 5) is 5.93. The van der Waals surface area contributed by atoms with E-state index < -0.39 is 0 Å². The first-order chi connectivity index (χ1) is 8.70. The lowest BCUT2D eigenvalue weighted by atomic mass is 10.1. The zero-order valence-electron chi connectivity index (χ0n) is 11.4. The summed E-state index contributed by atoms with van der Waals surface area (Å²) < 4.78 is 0. The molecule has 0 unspecified atom stereocenters. The van der Waals surface area contributed by atoms with Gasteiger partial charge in [-0.25, -0.2) is 0 Å². The van der Waals surface area contributed by atoms with Crippen LogP contribution in [0.2, 0.25) is 0 Å². The topological polar surface area (TPSA) is 57.4 Å². The molecule has 0 aromatic rings. The molecule has 2 aliphatic rings. The van der Waals surface area contributed by atoms with E-state index in [2.05, 4.69) is 9.80 Å². The molecule has 2 N–H and O–H groups in total. The molecule has 2 heterocycles.